The summed E-state index contributed by atoms with van der Waals surface area (Å²) in [5.41, 5.74) is 4.57. The molecule has 19 heavy (non-hydrogen) atoms. The van der Waals surface area contributed by atoms with Gasteiger partial charge in [0.15, 0.2) is 5.76 Å². The second kappa shape index (κ2) is 5.44. The van der Waals surface area contributed by atoms with E-state index in [1.807, 2.05) is 0 Å². The topological polar surface area (TPSA) is 106 Å². The molecule has 6 heteroatoms. The molecule has 1 aliphatic carbocycles. The van der Waals surface area contributed by atoms with Crippen molar-refractivity contribution in [3.63, 3.8) is 0 Å². The lowest BCUT2D eigenvalue weighted by Gasteiger charge is -2.23. The lowest BCUT2D eigenvalue weighted by atomic mass is 9.86. The largest absolute Gasteiger partial charge is 0.481 e. The summed E-state index contributed by atoms with van der Waals surface area (Å²) in [7, 11) is 0. The standard InChI is InChI=1S/C13H18N2O4/c14-7-9-3-4-10(19-9)11(16)15-8-13(12(17)18)5-1-2-6-13/h3-4H,1-2,5-8,14H2,(H,15,16)(H,17,18). The van der Waals surface area contributed by atoms with E-state index >= 15 is 0 Å². The molecule has 0 radical (unpaired) electrons. The second-order valence-corrected chi connectivity index (χ2v) is 4.95. The molecule has 0 atom stereocenters. The summed E-state index contributed by atoms with van der Waals surface area (Å²) in [5.74, 6) is -0.544. The fourth-order valence-corrected chi connectivity index (χ4v) is 2.46. The lowest BCUT2D eigenvalue weighted by molar-refractivity contribution is -0.148. The normalized spacial score (nSPS) is 17.3. The first-order valence-corrected chi connectivity index (χ1v) is 6.38. The van der Waals surface area contributed by atoms with Crippen LogP contribution in [0.15, 0.2) is 16.5 Å². The highest BCUT2D eigenvalue weighted by Crippen LogP contribution is 2.37. The van der Waals surface area contributed by atoms with Gasteiger partial charge in [0, 0.05) is 6.54 Å². The van der Waals surface area contributed by atoms with E-state index < -0.39 is 17.3 Å². The Morgan fingerprint density at radius 1 is 1.37 bits per heavy atom. The third kappa shape index (κ3) is 2.78. The molecule has 1 aromatic heterocycles. The Balaban J connectivity index is 1.97. The predicted octanol–water partition coefficient (Wildman–Crippen LogP) is 1.11. The summed E-state index contributed by atoms with van der Waals surface area (Å²) < 4.78 is 5.22. The molecule has 1 heterocycles. The van der Waals surface area contributed by atoms with Crippen molar-refractivity contribution in [2.45, 2.75) is 32.2 Å². The van der Waals surface area contributed by atoms with Crippen LogP contribution in [0.3, 0.4) is 0 Å². The Morgan fingerprint density at radius 3 is 2.58 bits per heavy atom. The number of hydrogen-bond acceptors (Lipinski definition) is 4. The first-order valence-electron chi connectivity index (χ1n) is 6.38. The summed E-state index contributed by atoms with van der Waals surface area (Å²) in [6.07, 6.45) is 2.99. The molecule has 1 fully saturated rings. The van der Waals surface area contributed by atoms with E-state index in [9.17, 15) is 14.7 Å². The average Bonchev–Trinajstić information content (AvgIpc) is 3.05. The number of hydrogen-bond donors (Lipinski definition) is 3. The molecule has 4 N–H and O–H groups in total. The van der Waals surface area contributed by atoms with Crippen LogP contribution < -0.4 is 11.1 Å². The van der Waals surface area contributed by atoms with E-state index in [-0.39, 0.29) is 18.8 Å². The van der Waals surface area contributed by atoms with Crippen molar-refractivity contribution < 1.29 is 19.1 Å². The minimum atomic E-state index is -0.840. The van der Waals surface area contributed by atoms with Crippen molar-refractivity contribution in [1.29, 1.82) is 0 Å². The summed E-state index contributed by atoms with van der Waals surface area (Å²) in [4.78, 5) is 23.2. The first kappa shape index (κ1) is 13.6. The van der Waals surface area contributed by atoms with E-state index in [0.717, 1.165) is 12.8 Å². The van der Waals surface area contributed by atoms with Crippen molar-refractivity contribution >= 4 is 11.9 Å². The van der Waals surface area contributed by atoms with Crippen LogP contribution in [0, 0.1) is 5.41 Å². The van der Waals surface area contributed by atoms with Crippen molar-refractivity contribution in [2.24, 2.45) is 11.1 Å². The van der Waals surface area contributed by atoms with Crippen LogP contribution in [0.2, 0.25) is 0 Å². The number of aliphatic carboxylic acids is 1. The van der Waals surface area contributed by atoms with Crippen LogP contribution in [-0.4, -0.2) is 23.5 Å². The van der Waals surface area contributed by atoms with Crippen molar-refractivity contribution in [2.75, 3.05) is 6.54 Å². The Morgan fingerprint density at radius 2 is 2.05 bits per heavy atom. The minimum absolute atomic E-state index is 0.139. The Kier molecular flexibility index (Phi) is 3.90. The number of carbonyl (C=O) groups excluding carboxylic acids is 1. The number of furan rings is 1. The number of carboxylic acids is 1. The van der Waals surface area contributed by atoms with E-state index in [0.29, 0.717) is 18.6 Å². The van der Waals surface area contributed by atoms with Gasteiger partial charge in [0.05, 0.1) is 12.0 Å². The van der Waals surface area contributed by atoms with Crippen LogP contribution in [0.1, 0.15) is 42.0 Å². The maximum absolute atomic E-state index is 11.9. The maximum atomic E-state index is 11.9. The molecular weight excluding hydrogens is 248 g/mol. The molecule has 0 aliphatic heterocycles. The first-order chi connectivity index (χ1) is 9.07. The molecular formula is C13H18N2O4. The number of carbonyl (C=O) groups is 2. The van der Waals surface area contributed by atoms with Gasteiger partial charge >= 0.3 is 5.97 Å². The monoisotopic (exact) mass is 266 g/mol. The minimum Gasteiger partial charge on any atom is -0.481 e. The molecule has 6 nitrogen and oxygen atoms in total. The van der Waals surface area contributed by atoms with Crippen LogP contribution in [-0.2, 0) is 11.3 Å². The quantitative estimate of drug-likeness (QED) is 0.740. The fraction of sp³-hybridized carbons (Fsp3) is 0.538. The zero-order chi connectivity index (χ0) is 13.9. The van der Waals surface area contributed by atoms with Gasteiger partial charge in [-0.15, -0.1) is 0 Å². The van der Waals surface area contributed by atoms with Gasteiger partial charge in [-0.25, -0.2) is 0 Å². The average molecular weight is 266 g/mol. The molecule has 1 aromatic rings. The molecule has 1 saturated carbocycles. The number of amides is 1. The smallest absolute Gasteiger partial charge is 0.311 e. The van der Waals surface area contributed by atoms with E-state index in [4.69, 9.17) is 10.2 Å². The number of nitrogens with one attached hydrogen (secondary N) is 1. The van der Waals surface area contributed by atoms with E-state index in [2.05, 4.69) is 5.32 Å². The Bertz CT molecular complexity index is 475. The van der Waals surface area contributed by atoms with Gasteiger partial charge in [0.2, 0.25) is 0 Å². The van der Waals surface area contributed by atoms with Crippen molar-refractivity contribution in [3.8, 4) is 0 Å². The summed E-state index contributed by atoms with van der Waals surface area (Å²) in [5, 5.41) is 11.9. The summed E-state index contributed by atoms with van der Waals surface area (Å²) in [6, 6.07) is 3.18. The molecule has 0 bridgehead atoms. The molecule has 0 spiro atoms. The van der Waals surface area contributed by atoms with Gasteiger partial charge in [-0.1, -0.05) is 12.8 Å². The van der Waals surface area contributed by atoms with E-state index in [1.54, 1.807) is 12.1 Å². The summed E-state index contributed by atoms with van der Waals surface area (Å²) >= 11 is 0. The van der Waals surface area contributed by atoms with Gasteiger partial charge in [0.25, 0.3) is 5.91 Å². The van der Waals surface area contributed by atoms with Crippen LogP contribution in [0.25, 0.3) is 0 Å². The molecule has 0 unspecified atom stereocenters. The zero-order valence-corrected chi connectivity index (χ0v) is 10.6. The number of rotatable bonds is 5. The van der Waals surface area contributed by atoms with Crippen LogP contribution >= 0.6 is 0 Å². The molecule has 104 valence electrons. The van der Waals surface area contributed by atoms with Gasteiger partial charge in [-0.2, -0.15) is 0 Å². The molecule has 1 amide bonds. The van der Waals surface area contributed by atoms with Crippen LogP contribution in [0.5, 0.6) is 0 Å². The second-order valence-electron chi connectivity index (χ2n) is 4.95. The van der Waals surface area contributed by atoms with Gasteiger partial charge in [-0.3, -0.25) is 9.59 Å². The summed E-state index contributed by atoms with van der Waals surface area (Å²) in [6.45, 7) is 0.367. The SMILES string of the molecule is NCc1ccc(C(=O)NCC2(C(=O)O)CCCC2)o1. The predicted molar refractivity (Wildman–Crippen MR) is 67.5 cm³/mol. The third-order valence-electron chi connectivity index (χ3n) is 3.69. The third-order valence-corrected chi connectivity index (χ3v) is 3.69. The highest BCUT2D eigenvalue weighted by molar-refractivity contribution is 5.92. The zero-order valence-electron chi connectivity index (χ0n) is 10.6. The van der Waals surface area contributed by atoms with Crippen LogP contribution in [0.4, 0.5) is 0 Å². The maximum Gasteiger partial charge on any atom is 0.311 e. The highest BCUT2D eigenvalue weighted by Gasteiger charge is 2.41. The fourth-order valence-electron chi connectivity index (χ4n) is 2.46. The Labute approximate surface area is 111 Å². The van der Waals surface area contributed by atoms with E-state index in [1.165, 1.54) is 0 Å². The number of nitrogens with two attached hydrogens (primary N) is 1. The number of carboxylic acid groups (broad SMARTS) is 1. The van der Waals surface area contributed by atoms with Gasteiger partial charge < -0.3 is 20.6 Å². The molecule has 0 aromatic carbocycles. The van der Waals surface area contributed by atoms with Gasteiger partial charge in [0.1, 0.15) is 5.76 Å². The van der Waals surface area contributed by atoms with Crippen molar-refractivity contribution in [3.05, 3.63) is 23.7 Å². The van der Waals surface area contributed by atoms with Gasteiger partial charge in [-0.05, 0) is 25.0 Å². The Hall–Kier alpha value is -1.82. The highest BCUT2D eigenvalue weighted by atomic mass is 16.4. The van der Waals surface area contributed by atoms with Crippen molar-refractivity contribution in [1.82, 2.24) is 5.32 Å². The molecule has 2 rings (SSSR count). The lowest BCUT2D eigenvalue weighted by Crippen LogP contribution is -2.41. The molecule has 1 aliphatic rings. The molecule has 0 saturated heterocycles.